The van der Waals surface area contributed by atoms with Crippen molar-refractivity contribution in [2.45, 2.75) is 26.3 Å². The molecule has 0 radical (unpaired) electrons. The number of halogens is 1. The summed E-state index contributed by atoms with van der Waals surface area (Å²) in [5, 5.41) is 5.47. The van der Waals surface area contributed by atoms with Crippen molar-refractivity contribution in [2.24, 2.45) is 0 Å². The second-order valence-electron chi connectivity index (χ2n) is 6.55. The summed E-state index contributed by atoms with van der Waals surface area (Å²) in [6.07, 6.45) is 0.686. The van der Waals surface area contributed by atoms with Crippen LogP contribution < -0.4 is 5.56 Å². The molecule has 0 saturated carbocycles. The Morgan fingerprint density at radius 2 is 1.81 bits per heavy atom. The largest absolute Gasteiger partial charge is 0.294 e. The number of nitrogens with zero attached hydrogens (tertiary/aromatic N) is 3. The van der Waals surface area contributed by atoms with Crippen molar-refractivity contribution in [2.75, 3.05) is 0 Å². The molecular formula is C21H18FN3OS. The van der Waals surface area contributed by atoms with Crippen LogP contribution in [0.15, 0.2) is 59.4 Å². The zero-order valence-corrected chi connectivity index (χ0v) is 15.8. The first-order chi connectivity index (χ1) is 13.0. The molecule has 0 fully saturated rings. The van der Waals surface area contributed by atoms with Crippen LogP contribution in [0.25, 0.3) is 21.5 Å². The van der Waals surface area contributed by atoms with Gasteiger partial charge in [0.2, 0.25) is 0 Å². The zero-order valence-electron chi connectivity index (χ0n) is 15.0. The van der Waals surface area contributed by atoms with Gasteiger partial charge in [0.15, 0.2) is 5.52 Å². The molecule has 4 aromatic rings. The first-order valence-corrected chi connectivity index (χ1v) is 9.54. The van der Waals surface area contributed by atoms with Crippen molar-refractivity contribution < 1.29 is 4.39 Å². The lowest BCUT2D eigenvalue weighted by molar-refractivity contribution is 0.469. The molecule has 27 heavy (non-hydrogen) atoms. The van der Waals surface area contributed by atoms with Crippen molar-refractivity contribution in [1.29, 1.82) is 0 Å². The van der Waals surface area contributed by atoms with Crippen LogP contribution in [-0.4, -0.2) is 14.8 Å². The van der Waals surface area contributed by atoms with Gasteiger partial charge < -0.3 is 0 Å². The van der Waals surface area contributed by atoms with Gasteiger partial charge in [0.05, 0.1) is 15.7 Å². The number of hydrogen-bond donors (Lipinski definition) is 0. The van der Waals surface area contributed by atoms with E-state index >= 15 is 0 Å². The van der Waals surface area contributed by atoms with E-state index in [2.05, 4.69) is 10.1 Å². The average molecular weight is 379 g/mol. The highest BCUT2D eigenvalue weighted by atomic mass is 32.1. The highest BCUT2D eigenvalue weighted by Crippen LogP contribution is 2.30. The molecule has 0 aliphatic heterocycles. The number of aromatic nitrogens is 3. The number of benzene rings is 2. The van der Waals surface area contributed by atoms with E-state index in [-0.39, 0.29) is 17.4 Å². The monoisotopic (exact) mass is 379 g/mol. The second kappa shape index (κ2) is 7.04. The van der Waals surface area contributed by atoms with Gasteiger partial charge in [-0.15, -0.1) is 11.3 Å². The Kier molecular flexibility index (Phi) is 4.58. The second-order valence-corrected chi connectivity index (χ2v) is 7.76. The van der Waals surface area contributed by atoms with Gasteiger partial charge in [-0.05, 0) is 50.1 Å². The molecule has 1 unspecified atom stereocenters. The molecule has 0 aliphatic carbocycles. The predicted molar refractivity (Wildman–Crippen MR) is 107 cm³/mol. The predicted octanol–water partition coefficient (Wildman–Crippen LogP) is 4.77. The Morgan fingerprint density at radius 1 is 1.11 bits per heavy atom. The third kappa shape index (κ3) is 3.40. The molecule has 2 aromatic heterocycles. The van der Waals surface area contributed by atoms with E-state index in [1.54, 1.807) is 12.1 Å². The van der Waals surface area contributed by atoms with Crippen LogP contribution in [0.3, 0.4) is 0 Å². The summed E-state index contributed by atoms with van der Waals surface area (Å²) in [7, 11) is 0. The number of rotatable bonds is 4. The Morgan fingerprint density at radius 3 is 2.52 bits per heavy atom. The molecule has 6 heteroatoms. The van der Waals surface area contributed by atoms with E-state index in [4.69, 9.17) is 0 Å². The lowest BCUT2D eigenvalue weighted by Gasteiger charge is -2.15. The SMILES string of the molecule is Cc1nc2c(=O)n(C(C)Cc3ccccc3)nc(-c3ccc(F)cc3)c2s1. The van der Waals surface area contributed by atoms with Crippen LogP contribution in [-0.2, 0) is 6.42 Å². The summed E-state index contributed by atoms with van der Waals surface area (Å²) in [4.78, 5) is 17.4. The number of thiazole rings is 1. The smallest absolute Gasteiger partial charge is 0.265 e. The summed E-state index contributed by atoms with van der Waals surface area (Å²) in [6.45, 7) is 3.84. The third-order valence-electron chi connectivity index (χ3n) is 4.48. The van der Waals surface area contributed by atoms with Crippen LogP contribution in [0.5, 0.6) is 0 Å². The van der Waals surface area contributed by atoms with Crippen molar-refractivity contribution in [3.8, 4) is 11.3 Å². The van der Waals surface area contributed by atoms with Crippen molar-refractivity contribution in [3.63, 3.8) is 0 Å². The van der Waals surface area contributed by atoms with Crippen molar-refractivity contribution >= 4 is 21.6 Å². The van der Waals surface area contributed by atoms with E-state index in [0.29, 0.717) is 17.6 Å². The number of fused-ring (bicyclic) bond motifs is 1. The maximum Gasteiger partial charge on any atom is 0.294 e. The minimum atomic E-state index is -0.304. The van der Waals surface area contributed by atoms with Crippen molar-refractivity contribution in [1.82, 2.24) is 14.8 Å². The van der Waals surface area contributed by atoms with Gasteiger partial charge >= 0.3 is 0 Å². The molecule has 2 aromatic carbocycles. The lowest BCUT2D eigenvalue weighted by Crippen LogP contribution is -2.28. The van der Waals surface area contributed by atoms with Gasteiger partial charge in [-0.25, -0.2) is 14.1 Å². The molecule has 4 rings (SSSR count). The van der Waals surface area contributed by atoms with Crippen LogP contribution in [0.1, 0.15) is 23.5 Å². The minimum Gasteiger partial charge on any atom is -0.265 e. The first kappa shape index (κ1) is 17.5. The molecule has 0 saturated heterocycles. The Hall–Kier alpha value is -2.86. The third-order valence-corrected chi connectivity index (χ3v) is 5.45. The van der Waals surface area contributed by atoms with Gasteiger partial charge in [0, 0.05) is 5.56 Å². The molecule has 0 aliphatic rings. The molecule has 4 nitrogen and oxygen atoms in total. The average Bonchev–Trinajstić information content (AvgIpc) is 3.06. The Bertz CT molecular complexity index is 1150. The summed E-state index contributed by atoms with van der Waals surface area (Å²) in [5.74, 6) is -0.304. The maximum atomic E-state index is 13.3. The molecule has 2 heterocycles. The van der Waals surface area contributed by atoms with Gasteiger partial charge in [-0.2, -0.15) is 5.10 Å². The summed E-state index contributed by atoms with van der Waals surface area (Å²) in [6, 6.07) is 16.0. The molecule has 0 N–H and O–H groups in total. The van der Waals surface area contributed by atoms with E-state index in [0.717, 1.165) is 20.8 Å². The number of hydrogen-bond acceptors (Lipinski definition) is 4. The van der Waals surface area contributed by atoms with E-state index in [9.17, 15) is 9.18 Å². The molecule has 0 amide bonds. The molecule has 0 bridgehead atoms. The molecule has 136 valence electrons. The van der Waals surface area contributed by atoms with E-state index < -0.39 is 0 Å². The molecular weight excluding hydrogens is 361 g/mol. The molecule has 0 spiro atoms. The Balaban J connectivity index is 1.87. The zero-order chi connectivity index (χ0) is 19.0. The fraction of sp³-hybridized carbons (Fsp3) is 0.190. The number of aryl methyl sites for hydroxylation is 1. The Labute approximate surface area is 159 Å². The highest BCUT2D eigenvalue weighted by Gasteiger charge is 2.19. The van der Waals surface area contributed by atoms with Gasteiger partial charge in [0.25, 0.3) is 5.56 Å². The van der Waals surface area contributed by atoms with Crippen LogP contribution >= 0.6 is 11.3 Å². The normalized spacial score (nSPS) is 12.4. The fourth-order valence-electron chi connectivity index (χ4n) is 3.18. The van der Waals surface area contributed by atoms with E-state index in [1.165, 1.54) is 28.2 Å². The summed E-state index contributed by atoms with van der Waals surface area (Å²) >= 11 is 1.44. The van der Waals surface area contributed by atoms with Crippen LogP contribution in [0.2, 0.25) is 0 Å². The first-order valence-electron chi connectivity index (χ1n) is 8.73. The lowest BCUT2D eigenvalue weighted by atomic mass is 10.1. The minimum absolute atomic E-state index is 0.134. The van der Waals surface area contributed by atoms with Crippen LogP contribution in [0.4, 0.5) is 4.39 Å². The van der Waals surface area contributed by atoms with Gasteiger partial charge in [-0.3, -0.25) is 4.79 Å². The molecule has 1 atom stereocenters. The summed E-state index contributed by atoms with van der Waals surface area (Å²) < 4.78 is 15.6. The summed E-state index contributed by atoms with van der Waals surface area (Å²) in [5.41, 5.74) is 2.80. The fourth-order valence-corrected chi connectivity index (χ4v) is 4.09. The highest BCUT2D eigenvalue weighted by molar-refractivity contribution is 7.19. The van der Waals surface area contributed by atoms with Crippen molar-refractivity contribution in [3.05, 3.63) is 81.3 Å². The standard InChI is InChI=1S/C21H18FN3OS/c1-13(12-15-6-4-3-5-7-15)25-21(26)19-20(27-14(2)23-19)18(24-25)16-8-10-17(22)11-9-16/h3-11,13H,12H2,1-2H3. The topological polar surface area (TPSA) is 47.8 Å². The van der Waals surface area contributed by atoms with Crippen LogP contribution in [0, 0.1) is 12.7 Å². The van der Waals surface area contributed by atoms with E-state index in [1.807, 2.05) is 44.2 Å². The van der Waals surface area contributed by atoms with Gasteiger partial charge in [0.1, 0.15) is 11.5 Å². The van der Waals surface area contributed by atoms with Gasteiger partial charge in [-0.1, -0.05) is 30.3 Å². The quantitative estimate of drug-likeness (QED) is 0.513. The maximum absolute atomic E-state index is 13.3.